The van der Waals surface area contributed by atoms with E-state index in [1.165, 1.54) is 12.1 Å². The van der Waals surface area contributed by atoms with E-state index < -0.39 is 0 Å². The van der Waals surface area contributed by atoms with E-state index in [4.69, 9.17) is 5.26 Å². The molecule has 0 amide bonds. The first-order valence-electron chi connectivity index (χ1n) is 6.58. The summed E-state index contributed by atoms with van der Waals surface area (Å²) in [5, 5.41) is 12.3. The Balaban J connectivity index is 2.01. The molecule has 0 saturated heterocycles. The molecule has 0 aliphatic heterocycles. The lowest BCUT2D eigenvalue weighted by atomic mass is 10.0. The van der Waals surface area contributed by atoms with Gasteiger partial charge in [0.15, 0.2) is 0 Å². The van der Waals surface area contributed by atoms with E-state index >= 15 is 0 Å². The van der Waals surface area contributed by atoms with Crippen molar-refractivity contribution in [1.29, 1.82) is 5.26 Å². The second-order valence-electron chi connectivity index (χ2n) is 4.91. The minimum Gasteiger partial charge on any atom is -0.306 e. The van der Waals surface area contributed by atoms with Gasteiger partial charge in [0, 0.05) is 12.6 Å². The van der Waals surface area contributed by atoms with Crippen molar-refractivity contribution in [2.45, 2.75) is 26.4 Å². The first-order valence-corrected chi connectivity index (χ1v) is 6.58. The van der Waals surface area contributed by atoms with Crippen LogP contribution in [-0.4, -0.2) is 0 Å². The molecular formula is C17H17FN2. The standard InChI is InChI=1S/C17H17FN2/c1-12-9-14(10-19)3-4-16(12)11-20-13(2)15-5-7-17(18)8-6-15/h3-9,13,20H,11H2,1-2H3/t13-/m1/s1. The largest absolute Gasteiger partial charge is 0.306 e. The number of halogens is 1. The van der Waals surface area contributed by atoms with Crippen LogP contribution in [0.1, 0.15) is 35.2 Å². The molecule has 2 aromatic carbocycles. The van der Waals surface area contributed by atoms with E-state index in [2.05, 4.69) is 11.4 Å². The zero-order valence-corrected chi connectivity index (χ0v) is 11.7. The molecule has 2 nitrogen and oxygen atoms in total. The van der Waals surface area contributed by atoms with Crippen LogP contribution in [0.25, 0.3) is 0 Å². The monoisotopic (exact) mass is 268 g/mol. The summed E-state index contributed by atoms with van der Waals surface area (Å²) in [6.45, 7) is 4.77. The summed E-state index contributed by atoms with van der Waals surface area (Å²) in [7, 11) is 0. The molecule has 102 valence electrons. The maximum atomic E-state index is 12.9. The quantitative estimate of drug-likeness (QED) is 0.914. The Hall–Kier alpha value is -2.18. The average Bonchev–Trinajstić information content (AvgIpc) is 2.46. The second kappa shape index (κ2) is 6.31. The fourth-order valence-electron chi connectivity index (χ4n) is 2.10. The van der Waals surface area contributed by atoms with Gasteiger partial charge < -0.3 is 5.32 Å². The molecule has 0 radical (unpaired) electrons. The summed E-state index contributed by atoms with van der Waals surface area (Å²) in [5.74, 6) is -0.219. The molecule has 1 N–H and O–H groups in total. The average molecular weight is 268 g/mol. The molecule has 0 spiro atoms. The van der Waals surface area contributed by atoms with Gasteiger partial charge in [0.05, 0.1) is 11.6 Å². The van der Waals surface area contributed by atoms with Crippen LogP contribution in [0.4, 0.5) is 4.39 Å². The Morgan fingerprint density at radius 3 is 2.50 bits per heavy atom. The van der Waals surface area contributed by atoms with Gasteiger partial charge in [0.1, 0.15) is 5.82 Å². The lowest BCUT2D eigenvalue weighted by Crippen LogP contribution is -2.18. The molecule has 0 saturated carbocycles. The molecule has 2 aromatic rings. The van der Waals surface area contributed by atoms with Gasteiger partial charge >= 0.3 is 0 Å². The minimum atomic E-state index is -0.219. The van der Waals surface area contributed by atoms with Crippen LogP contribution in [0.5, 0.6) is 0 Å². The van der Waals surface area contributed by atoms with Gasteiger partial charge in [-0.05, 0) is 54.8 Å². The third-order valence-corrected chi connectivity index (χ3v) is 3.44. The van der Waals surface area contributed by atoms with Gasteiger partial charge in [-0.3, -0.25) is 0 Å². The third kappa shape index (κ3) is 3.43. The number of hydrogen-bond acceptors (Lipinski definition) is 2. The molecule has 3 heteroatoms. The Labute approximate surface area is 118 Å². The lowest BCUT2D eigenvalue weighted by Gasteiger charge is -2.15. The maximum absolute atomic E-state index is 12.9. The SMILES string of the molecule is Cc1cc(C#N)ccc1CN[C@H](C)c1ccc(F)cc1. The minimum absolute atomic E-state index is 0.144. The maximum Gasteiger partial charge on any atom is 0.123 e. The Morgan fingerprint density at radius 2 is 1.90 bits per heavy atom. The summed E-state index contributed by atoms with van der Waals surface area (Å²) >= 11 is 0. The highest BCUT2D eigenvalue weighted by Gasteiger charge is 2.06. The zero-order chi connectivity index (χ0) is 14.5. The van der Waals surface area contributed by atoms with Crippen LogP contribution >= 0.6 is 0 Å². The number of aryl methyl sites for hydroxylation is 1. The van der Waals surface area contributed by atoms with E-state index in [-0.39, 0.29) is 11.9 Å². The Bertz CT molecular complexity index is 626. The Kier molecular flexibility index (Phi) is 4.49. The summed E-state index contributed by atoms with van der Waals surface area (Å²) < 4.78 is 12.9. The highest BCUT2D eigenvalue weighted by Crippen LogP contribution is 2.15. The molecular weight excluding hydrogens is 251 g/mol. The number of benzene rings is 2. The number of nitrogens with zero attached hydrogens (tertiary/aromatic N) is 1. The van der Waals surface area contributed by atoms with Gasteiger partial charge in [-0.2, -0.15) is 5.26 Å². The summed E-state index contributed by atoms with van der Waals surface area (Å²) in [4.78, 5) is 0. The van der Waals surface area contributed by atoms with Gasteiger partial charge in [0.2, 0.25) is 0 Å². The first-order chi connectivity index (χ1) is 9.60. The van der Waals surface area contributed by atoms with E-state index in [0.717, 1.165) is 23.2 Å². The van der Waals surface area contributed by atoms with Crippen LogP contribution in [0.2, 0.25) is 0 Å². The van der Waals surface area contributed by atoms with E-state index in [0.29, 0.717) is 5.56 Å². The molecule has 2 rings (SSSR count). The molecule has 0 fully saturated rings. The summed E-state index contributed by atoms with van der Waals surface area (Å²) in [5.41, 5.74) is 4.00. The fourth-order valence-corrected chi connectivity index (χ4v) is 2.10. The number of hydrogen-bond donors (Lipinski definition) is 1. The molecule has 0 bridgehead atoms. The van der Waals surface area contributed by atoms with Crippen molar-refractivity contribution in [2.75, 3.05) is 0 Å². The van der Waals surface area contributed by atoms with Crippen LogP contribution < -0.4 is 5.32 Å². The first kappa shape index (κ1) is 14.2. The van der Waals surface area contributed by atoms with Crippen LogP contribution in [0.15, 0.2) is 42.5 Å². The van der Waals surface area contributed by atoms with Crippen molar-refractivity contribution >= 4 is 0 Å². The highest BCUT2D eigenvalue weighted by atomic mass is 19.1. The predicted octanol–water partition coefficient (Wildman–Crippen LogP) is 3.86. The Morgan fingerprint density at radius 1 is 1.20 bits per heavy atom. The van der Waals surface area contributed by atoms with Crippen molar-refractivity contribution in [3.05, 3.63) is 70.5 Å². The van der Waals surface area contributed by atoms with Crippen LogP contribution in [0, 0.1) is 24.1 Å². The smallest absolute Gasteiger partial charge is 0.123 e. The zero-order valence-electron chi connectivity index (χ0n) is 11.7. The fraction of sp³-hybridized carbons (Fsp3) is 0.235. The molecule has 0 aliphatic carbocycles. The number of nitrogens with one attached hydrogen (secondary N) is 1. The molecule has 0 aromatic heterocycles. The van der Waals surface area contributed by atoms with Gasteiger partial charge in [-0.1, -0.05) is 18.2 Å². The second-order valence-corrected chi connectivity index (χ2v) is 4.91. The summed E-state index contributed by atoms with van der Waals surface area (Å²) in [6, 6.07) is 14.5. The molecule has 20 heavy (non-hydrogen) atoms. The summed E-state index contributed by atoms with van der Waals surface area (Å²) in [6.07, 6.45) is 0. The van der Waals surface area contributed by atoms with Crippen molar-refractivity contribution in [1.82, 2.24) is 5.32 Å². The van der Waals surface area contributed by atoms with E-state index in [9.17, 15) is 4.39 Å². The molecule has 0 aliphatic rings. The van der Waals surface area contributed by atoms with Gasteiger partial charge in [-0.25, -0.2) is 4.39 Å². The van der Waals surface area contributed by atoms with E-state index in [1.807, 2.05) is 32.0 Å². The topological polar surface area (TPSA) is 35.8 Å². The van der Waals surface area contributed by atoms with Crippen LogP contribution in [-0.2, 0) is 6.54 Å². The molecule has 0 unspecified atom stereocenters. The lowest BCUT2D eigenvalue weighted by molar-refractivity contribution is 0.570. The van der Waals surface area contributed by atoms with Crippen LogP contribution in [0.3, 0.4) is 0 Å². The number of rotatable bonds is 4. The van der Waals surface area contributed by atoms with Gasteiger partial charge in [0.25, 0.3) is 0 Å². The predicted molar refractivity (Wildman–Crippen MR) is 77.5 cm³/mol. The molecule has 1 atom stereocenters. The van der Waals surface area contributed by atoms with Crippen molar-refractivity contribution in [3.63, 3.8) is 0 Å². The highest BCUT2D eigenvalue weighted by molar-refractivity contribution is 5.37. The van der Waals surface area contributed by atoms with Crippen molar-refractivity contribution in [2.24, 2.45) is 0 Å². The van der Waals surface area contributed by atoms with Gasteiger partial charge in [-0.15, -0.1) is 0 Å². The van der Waals surface area contributed by atoms with E-state index in [1.54, 1.807) is 12.1 Å². The third-order valence-electron chi connectivity index (χ3n) is 3.44. The van der Waals surface area contributed by atoms with Crippen molar-refractivity contribution in [3.8, 4) is 6.07 Å². The number of nitriles is 1. The molecule has 0 heterocycles. The van der Waals surface area contributed by atoms with Crippen molar-refractivity contribution < 1.29 is 4.39 Å². The normalized spacial score (nSPS) is 11.9.